The van der Waals surface area contributed by atoms with Gasteiger partial charge in [-0.15, -0.1) is 0 Å². The highest BCUT2D eigenvalue weighted by atomic mass is 79.9. The van der Waals surface area contributed by atoms with E-state index in [1.54, 1.807) is 30.5 Å². The number of nitrogens with two attached hydrogens (primary N) is 1. The number of furan rings is 1. The van der Waals surface area contributed by atoms with Crippen molar-refractivity contribution >= 4 is 31.6 Å². The lowest BCUT2D eigenvalue weighted by Gasteiger charge is -2.08. The molecular formula is C12H13BrN2O3S. The first-order valence-electron chi connectivity index (χ1n) is 5.56. The van der Waals surface area contributed by atoms with Crippen LogP contribution in [-0.4, -0.2) is 15.0 Å². The Balaban J connectivity index is 2.05. The molecule has 1 heterocycles. The molecule has 0 amide bonds. The van der Waals surface area contributed by atoms with Crippen LogP contribution in [0.15, 0.2) is 50.4 Å². The van der Waals surface area contributed by atoms with Gasteiger partial charge in [-0.3, -0.25) is 0 Å². The molecule has 1 aromatic heterocycles. The van der Waals surface area contributed by atoms with Crippen molar-refractivity contribution in [2.75, 3.05) is 12.3 Å². The van der Waals surface area contributed by atoms with Crippen LogP contribution in [0.5, 0.6) is 0 Å². The standard InChI is InChI=1S/C12H13BrN2O3S/c13-9-3-4-12(11(14)8-9)19(16,17)15-6-5-10-2-1-7-18-10/h1-4,7-8,15H,5-6,14H2. The van der Waals surface area contributed by atoms with Gasteiger partial charge in [-0.05, 0) is 30.3 Å². The van der Waals surface area contributed by atoms with Crippen molar-refractivity contribution in [3.63, 3.8) is 0 Å². The Kier molecular flexibility index (Phi) is 4.28. The van der Waals surface area contributed by atoms with Crippen LogP contribution in [0.3, 0.4) is 0 Å². The maximum Gasteiger partial charge on any atom is 0.242 e. The van der Waals surface area contributed by atoms with E-state index in [0.29, 0.717) is 6.42 Å². The number of benzene rings is 1. The SMILES string of the molecule is Nc1cc(Br)ccc1S(=O)(=O)NCCc1ccco1. The zero-order valence-corrected chi connectivity index (χ0v) is 12.4. The van der Waals surface area contributed by atoms with E-state index in [2.05, 4.69) is 20.7 Å². The van der Waals surface area contributed by atoms with Gasteiger partial charge in [-0.25, -0.2) is 13.1 Å². The van der Waals surface area contributed by atoms with E-state index in [1.165, 1.54) is 6.07 Å². The Morgan fingerprint density at radius 1 is 1.32 bits per heavy atom. The topological polar surface area (TPSA) is 85.3 Å². The Morgan fingerprint density at radius 3 is 2.74 bits per heavy atom. The van der Waals surface area contributed by atoms with E-state index < -0.39 is 10.0 Å². The number of rotatable bonds is 5. The molecule has 0 aliphatic rings. The van der Waals surface area contributed by atoms with Gasteiger partial charge in [0.15, 0.2) is 0 Å². The fourth-order valence-corrected chi connectivity index (χ4v) is 3.13. The molecule has 0 unspecified atom stereocenters. The van der Waals surface area contributed by atoms with E-state index in [4.69, 9.17) is 10.2 Å². The minimum absolute atomic E-state index is 0.0788. The van der Waals surface area contributed by atoms with Crippen molar-refractivity contribution in [3.05, 3.63) is 46.8 Å². The van der Waals surface area contributed by atoms with Crippen LogP contribution in [0.25, 0.3) is 0 Å². The van der Waals surface area contributed by atoms with Crippen molar-refractivity contribution in [2.24, 2.45) is 0 Å². The molecule has 0 bridgehead atoms. The number of anilines is 1. The summed E-state index contributed by atoms with van der Waals surface area (Å²) in [5, 5.41) is 0. The number of sulfonamides is 1. The first-order chi connectivity index (χ1) is 8.99. The van der Waals surface area contributed by atoms with Crippen LogP contribution in [-0.2, 0) is 16.4 Å². The molecule has 1 aromatic carbocycles. The highest BCUT2D eigenvalue weighted by Gasteiger charge is 2.17. The van der Waals surface area contributed by atoms with Gasteiger partial charge in [0.25, 0.3) is 0 Å². The monoisotopic (exact) mass is 344 g/mol. The summed E-state index contributed by atoms with van der Waals surface area (Å²) in [6, 6.07) is 8.21. The minimum Gasteiger partial charge on any atom is -0.469 e. The fourth-order valence-electron chi connectivity index (χ4n) is 1.61. The highest BCUT2D eigenvalue weighted by molar-refractivity contribution is 9.10. The molecule has 0 radical (unpaired) electrons. The summed E-state index contributed by atoms with van der Waals surface area (Å²) in [6.45, 7) is 0.255. The lowest BCUT2D eigenvalue weighted by atomic mass is 10.3. The third-order valence-corrected chi connectivity index (χ3v) is 4.53. The smallest absolute Gasteiger partial charge is 0.242 e. The molecule has 5 nitrogen and oxygen atoms in total. The predicted molar refractivity (Wildman–Crippen MR) is 76.2 cm³/mol. The molecule has 102 valence electrons. The second kappa shape index (κ2) is 5.77. The Morgan fingerprint density at radius 2 is 2.11 bits per heavy atom. The summed E-state index contributed by atoms with van der Waals surface area (Å²) in [5.74, 6) is 0.728. The summed E-state index contributed by atoms with van der Waals surface area (Å²) < 4.78 is 32.5. The lowest BCUT2D eigenvalue weighted by molar-refractivity contribution is 0.506. The Bertz CT molecular complexity index is 654. The fraction of sp³-hybridized carbons (Fsp3) is 0.167. The summed E-state index contributed by atoms with van der Waals surface area (Å²) in [7, 11) is -3.60. The van der Waals surface area contributed by atoms with Crippen molar-refractivity contribution in [3.8, 4) is 0 Å². The van der Waals surface area contributed by atoms with E-state index in [9.17, 15) is 8.42 Å². The van der Waals surface area contributed by atoms with E-state index in [1.807, 2.05) is 0 Å². The Hall–Kier alpha value is -1.31. The summed E-state index contributed by atoms with van der Waals surface area (Å²) in [4.78, 5) is 0.0788. The van der Waals surface area contributed by atoms with Crippen molar-refractivity contribution in [1.82, 2.24) is 4.72 Å². The molecule has 0 saturated carbocycles. The first-order valence-corrected chi connectivity index (χ1v) is 7.84. The van der Waals surface area contributed by atoms with Gasteiger partial charge >= 0.3 is 0 Å². The van der Waals surface area contributed by atoms with Gasteiger partial charge in [-0.1, -0.05) is 15.9 Å². The van der Waals surface area contributed by atoms with Crippen LogP contribution in [0.2, 0.25) is 0 Å². The highest BCUT2D eigenvalue weighted by Crippen LogP contribution is 2.22. The zero-order valence-electron chi connectivity index (χ0n) is 9.97. The van der Waals surface area contributed by atoms with E-state index in [0.717, 1.165) is 10.2 Å². The largest absolute Gasteiger partial charge is 0.469 e. The van der Waals surface area contributed by atoms with E-state index >= 15 is 0 Å². The molecule has 0 aliphatic carbocycles. The molecule has 19 heavy (non-hydrogen) atoms. The summed E-state index contributed by atoms with van der Waals surface area (Å²) in [5.41, 5.74) is 5.91. The quantitative estimate of drug-likeness (QED) is 0.813. The molecule has 7 heteroatoms. The summed E-state index contributed by atoms with van der Waals surface area (Å²) >= 11 is 3.23. The number of hydrogen-bond donors (Lipinski definition) is 2. The molecule has 0 fully saturated rings. The van der Waals surface area contributed by atoms with Crippen molar-refractivity contribution in [2.45, 2.75) is 11.3 Å². The second-order valence-electron chi connectivity index (χ2n) is 3.91. The third-order valence-electron chi connectivity index (χ3n) is 2.50. The van der Waals surface area contributed by atoms with Gasteiger partial charge in [0.2, 0.25) is 10.0 Å². The Labute approximate surface area is 120 Å². The summed E-state index contributed by atoms with van der Waals surface area (Å²) in [6.07, 6.45) is 2.04. The van der Waals surface area contributed by atoms with Gasteiger partial charge in [0.1, 0.15) is 10.7 Å². The van der Waals surface area contributed by atoms with Crippen LogP contribution in [0.1, 0.15) is 5.76 Å². The average molecular weight is 345 g/mol. The van der Waals surface area contributed by atoms with Crippen LogP contribution < -0.4 is 10.5 Å². The maximum atomic E-state index is 12.1. The zero-order chi connectivity index (χ0) is 13.9. The average Bonchev–Trinajstić information content (AvgIpc) is 2.81. The van der Waals surface area contributed by atoms with Crippen LogP contribution in [0.4, 0.5) is 5.69 Å². The first kappa shape index (κ1) is 14.1. The number of halogens is 1. The molecule has 0 atom stereocenters. The van der Waals surface area contributed by atoms with Gasteiger partial charge in [-0.2, -0.15) is 0 Å². The van der Waals surface area contributed by atoms with Gasteiger partial charge < -0.3 is 10.2 Å². The molecule has 0 saturated heterocycles. The molecule has 2 rings (SSSR count). The maximum absolute atomic E-state index is 12.1. The normalized spacial score (nSPS) is 11.6. The van der Waals surface area contributed by atoms with E-state index in [-0.39, 0.29) is 17.1 Å². The lowest BCUT2D eigenvalue weighted by Crippen LogP contribution is -2.26. The number of hydrogen-bond acceptors (Lipinski definition) is 4. The van der Waals surface area contributed by atoms with Crippen molar-refractivity contribution in [1.29, 1.82) is 0 Å². The second-order valence-corrected chi connectivity index (χ2v) is 6.56. The van der Waals surface area contributed by atoms with Gasteiger partial charge in [0.05, 0.1) is 12.0 Å². The number of nitrogen functional groups attached to an aromatic ring is 1. The molecular weight excluding hydrogens is 332 g/mol. The minimum atomic E-state index is -3.60. The third kappa shape index (κ3) is 3.59. The molecule has 3 N–H and O–H groups in total. The van der Waals surface area contributed by atoms with Gasteiger partial charge in [0, 0.05) is 17.4 Å². The van der Waals surface area contributed by atoms with Crippen LogP contribution in [0, 0.1) is 0 Å². The van der Waals surface area contributed by atoms with Crippen LogP contribution >= 0.6 is 15.9 Å². The van der Waals surface area contributed by atoms with Crippen molar-refractivity contribution < 1.29 is 12.8 Å². The molecule has 0 spiro atoms. The molecule has 2 aromatic rings. The number of nitrogens with one attached hydrogen (secondary N) is 1. The molecule has 0 aliphatic heterocycles. The predicted octanol–water partition coefficient (Wildman–Crippen LogP) is 2.15.